The third-order valence-electron chi connectivity index (χ3n) is 3.11. The number of nitrogens with one attached hydrogen (secondary N) is 1. The van der Waals surface area contributed by atoms with Crippen LogP contribution in [0.2, 0.25) is 0 Å². The zero-order chi connectivity index (χ0) is 13.5. The minimum absolute atomic E-state index is 0.178. The highest BCUT2D eigenvalue weighted by atomic mass is 16.6. The Hall–Kier alpha value is -0.650. The first-order chi connectivity index (χ1) is 8.49. The molecule has 1 N–H and O–H groups in total. The number of carbonyl (C=O) groups excluding carboxylic acids is 1. The summed E-state index contributed by atoms with van der Waals surface area (Å²) in [7, 11) is 3.60. The Labute approximate surface area is 110 Å². The molecule has 18 heavy (non-hydrogen) atoms. The molecule has 0 aromatic heterocycles. The van der Waals surface area contributed by atoms with E-state index in [-0.39, 0.29) is 5.91 Å². The maximum absolute atomic E-state index is 11.6. The molecule has 106 valence electrons. The van der Waals surface area contributed by atoms with Crippen molar-refractivity contribution in [3.05, 3.63) is 0 Å². The zero-order valence-electron chi connectivity index (χ0n) is 12.1. The average Bonchev–Trinajstić information content (AvgIpc) is 2.30. The summed E-state index contributed by atoms with van der Waals surface area (Å²) in [6.45, 7) is 7.48. The minimum Gasteiger partial charge on any atom is -0.348 e. The summed E-state index contributed by atoms with van der Waals surface area (Å²) in [4.78, 5) is 20.9. The van der Waals surface area contributed by atoms with Crippen molar-refractivity contribution in [2.75, 3.05) is 40.3 Å². The number of rotatable bonds is 6. The summed E-state index contributed by atoms with van der Waals surface area (Å²) in [5.74, 6) is 0.729. The quantitative estimate of drug-likeness (QED) is 0.712. The van der Waals surface area contributed by atoms with Gasteiger partial charge >= 0.3 is 0 Å². The molecule has 0 atom stereocenters. The molecule has 1 rings (SSSR count). The predicted molar refractivity (Wildman–Crippen MR) is 72.1 cm³/mol. The first-order valence-electron chi connectivity index (χ1n) is 6.79. The van der Waals surface area contributed by atoms with Gasteiger partial charge in [-0.1, -0.05) is 13.8 Å². The molecule has 0 aliphatic carbocycles. The Morgan fingerprint density at radius 3 is 2.50 bits per heavy atom. The maximum Gasteiger partial charge on any atom is 0.236 e. The molecule has 1 amide bonds. The molecule has 0 aromatic rings. The van der Waals surface area contributed by atoms with Gasteiger partial charge in [-0.2, -0.15) is 5.48 Å². The van der Waals surface area contributed by atoms with Crippen molar-refractivity contribution in [2.45, 2.75) is 32.7 Å². The molecule has 5 nitrogen and oxygen atoms in total. The third kappa shape index (κ3) is 5.80. The number of likely N-dealkylation sites (tertiary alicyclic amines) is 1. The van der Waals surface area contributed by atoms with Crippen LogP contribution < -0.4 is 5.48 Å². The van der Waals surface area contributed by atoms with Gasteiger partial charge in [0.1, 0.15) is 0 Å². The van der Waals surface area contributed by atoms with Gasteiger partial charge in [-0.05, 0) is 18.8 Å². The van der Waals surface area contributed by atoms with Crippen LogP contribution in [0.15, 0.2) is 0 Å². The highest BCUT2D eigenvalue weighted by Gasteiger charge is 2.21. The Morgan fingerprint density at radius 1 is 1.39 bits per heavy atom. The van der Waals surface area contributed by atoms with Crippen LogP contribution >= 0.6 is 0 Å². The molecule has 5 heteroatoms. The van der Waals surface area contributed by atoms with Gasteiger partial charge < -0.3 is 9.74 Å². The van der Waals surface area contributed by atoms with Crippen LogP contribution in [-0.2, 0) is 9.63 Å². The maximum atomic E-state index is 11.6. The topological polar surface area (TPSA) is 44.8 Å². The lowest BCUT2D eigenvalue weighted by Gasteiger charge is -2.32. The van der Waals surface area contributed by atoms with E-state index in [0.29, 0.717) is 18.5 Å². The Bertz CT molecular complexity index is 249. The summed E-state index contributed by atoms with van der Waals surface area (Å²) in [6.07, 6.45) is 2.08. The highest BCUT2D eigenvalue weighted by Crippen LogP contribution is 2.10. The van der Waals surface area contributed by atoms with Crippen molar-refractivity contribution in [2.24, 2.45) is 5.92 Å². The average molecular weight is 257 g/mol. The molecule has 1 aliphatic rings. The van der Waals surface area contributed by atoms with Gasteiger partial charge in [0, 0.05) is 33.2 Å². The van der Waals surface area contributed by atoms with Crippen LogP contribution in [0.1, 0.15) is 26.7 Å². The Morgan fingerprint density at radius 2 is 2.00 bits per heavy atom. The van der Waals surface area contributed by atoms with Crippen molar-refractivity contribution < 1.29 is 9.63 Å². The van der Waals surface area contributed by atoms with Crippen LogP contribution in [0.3, 0.4) is 0 Å². The number of carbonyl (C=O) groups is 1. The van der Waals surface area contributed by atoms with Gasteiger partial charge in [-0.25, -0.2) is 0 Å². The molecule has 1 heterocycles. The van der Waals surface area contributed by atoms with Crippen LogP contribution in [-0.4, -0.2) is 62.1 Å². The number of likely N-dealkylation sites (N-methyl/N-ethyl adjacent to an activating group) is 1. The Balaban J connectivity index is 2.14. The van der Waals surface area contributed by atoms with E-state index in [1.165, 1.54) is 0 Å². The van der Waals surface area contributed by atoms with E-state index in [4.69, 9.17) is 4.84 Å². The highest BCUT2D eigenvalue weighted by molar-refractivity contribution is 5.77. The normalized spacial score (nSPS) is 18.3. The van der Waals surface area contributed by atoms with E-state index in [2.05, 4.69) is 24.2 Å². The van der Waals surface area contributed by atoms with E-state index in [1.807, 2.05) is 0 Å². The molecule has 0 unspecified atom stereocenters. The first-order valence-corrected chi connectivity index (χ1v) is 6.79. The molecule has 1 aliphatic heterocycles. The van der Waals surface area contributed by atoms with Gasteiger partial charge in [-0.15, -0.1) is 0 Å². The second-order valence-corrected chi connectivity index (χ2v) is 5.66. The SMILES string of the molecule is CC(C)CONC1CCN(CC(=O)N(C)C)CC1. The standard InChI is InChI=1S/C13H27N3O2/c1-11(2)10-18-14-12-5-7-16(8-6-12)9-13(17)15(3)4/h11-12,14H,5-10H2,1-4H3. The molecule has 1 fully saturated rings. The molecular formula is C13H27N3O2. The number of hydroxylamine groups is 1. The molecule has 0 radical (unpaired) electrons. The fourth-order valence-corrected chi connectivity index (χ4v) is 1.87. The second kappa shape index (κ2) is 7.71. The monoisotopic (exact) mass is 257 g/mol. The smallest absolute Gasteiger partial charge is 0.236 e. The molecule has 1 saturated heterocycles. The number of amides is 1. The fourth-order valence-electron chi connectivity index (χ4n) is 1.87. The van der Waals surface area contributed by atoms with Gasteiger partial charge in [0.15, 0.2) is 0 Å². The van der Waals surface area contributed by atoms with Crippen LogP contribution in [0, 0.1) is 5.92 Å². The van der Waals surface area contributed by atoms with E-state index < -0.39 is 0 Å². The van der Waals surface area contributed by atoms with E-state index >= 15 is 0 Å². The van der Waals surface area contributed by atoms with Gasteiger partial charge in [0.2, 0.25) is 5.91 Å². The molecule has 0 spiro atoms. The lowest BCUT2D eigenvalue weighted by atomic mass is 10.1. The summed E-state index contributed by atoms with van der Waals surface area (Å²) < 4.78 is 0. The van der Waals surface area contributed by atoms with Crippen molar-refractivity contribution in [3.63, 3.8) is 0 Å². The Kier molecular flexibility index (Phi) is 6.60. The predicted octanol–water partition coefficient (Wildman–Crippen LogP) is 0.716. The molecule has 0 aromatic carbocycles. The van der Waals surface area contributed by atoms with Gasteiger partial charge in [0.25, 0.3) is 0 Å². The lowest BCUT2D eigenvalue weighted by molar-refractivity contribution is -0.130. The number of nitrogens with zero attached hydrogens (tertiary/aromatic N) is 2. The van der Waals surface area contributed by atoms with Gasteiger partial charge in [-0.3, -0.25) is 9.69 Å². The van der Waals surface area contributed by atoms with Crippen LogP contribution in [0.25, 0.3) is 0 Å². The fraction of sp³-hybridized carbons (Fsp3) is 0.923. The summed E-state index contributed by atoms with van der Waals surface area (Å²) >= 11 is 0. The van der Waals surface area contributed by atoms with Crippen molar-refractivity contribution in [1.82, 2.24) is 15.3 Å². The molecule has 0 saturated carbocycles. The summed E-state index contributed by atoms with van der Waals surface area (Å²) in [6, 6.07) is 0.425. The lowest BCUT2D eigenvalue weighted by Crippen LogP contribution is -2.46. The largest absolute Gasteiger partial charge is 0.348 e. The molecular weight excluding hydrogens is 230 g/mol. The second-order valence-electron chi connectivity index (χ2n) is 5.66. The van der Waals surface area contributed by atoms with E-state index in [0.717, 1.165) is 32.5 Å². The number of hydrogen-bond acceptors (Lipinski definition) is 4. The third-order valence-corrected chi connectivity index (χ3v) is 3.11. The van der Waals surface area contributed by atoms with E-state index in [1.54, 1.807) is 19.0 Å². The number of piperidine rings is 1. The first kappa shape index (κ1) is 15.4. The van der Waals surface area contributed by atoms with Crippen molar-refractivity contribution in [3.8, 4) is 0 Å². The van der Waals surface area contributed by atoms with Crippen molar-refractivity contribution >= 4 is 5.91 Å². The van der Waals surface area contributed by atoms with Gasteiger partial charge in [0.05, 0.1) is 13.2 Å². The van der Waals surface area contributed by atoms with Crippen LogP contribution in [0.5, 0.6) is 0 Å². The van der Waals surface area contributed by atoms with E-state index in [9.17, 15) is 4.79 Å². The van der Waals surface area contributed by atoms with Crippen LogP contribution in [0.4, 0.5) is 0 Å². The minimum atomic E-state index is 0.178. The summed E-state index contributed by atoms with van der Waals surface area (Å²) in [5, 5.41) is 0. The van der Waals surface area contributed by atoms with Crippen molar-refractivity contribution in [1.29, 1.82) is 0 Å². The number of hydrogen-bond donors (Lipinski definition) is 1. The zero-order valence-corrected chi connectivity index (χ0v) is 12.1. The molecule has 0 bridgehead atoms. The summed E-state index contributed by atoms with van der Waals surface area (Å²) in [5.41, 5.74) is 3.13.